The fourth-order valence-electron chi connectivity index (χ4n) is 2.02. The number of hydrogen-bond acceptors (Lipinski definition) is 6. The van der Waals surface area contributed by atoms with Crippen molar-refractivity contribution in [3.63, 3.8) is 0 Å². The van der Waals surface area contributed by atoms with Gasteiger partial charge in [0.1, 0.15) is 24.8 Å². The van der Waals surface area contributed by atoms with Gasteiger partial charge in [0.2, 0.25) is 0 Å². The van der Waals surface area contributed by atoms with Crippen molar-refractivity contribution in [1.29, 1.82) is 0 Å². The number of carbonyl (C=O) groups excluding carboxylic acids is 1. The number of hydrogen-bond donors (Lipinski definition) is 0. The molecule has 2 aromatic rings. The van der Waals surface area contributed by atoms with Crippen LogP contribution >= 0.6 is 0 Å². The van der Waals surface area contributed by atoms with Gasteiger partial charge < -0.3 is 19.6 Å². The maximum absolute atomic E-state index is 10.6. The second kappa shape index (κ2) is 5.23. The number of benzene rings is 1. The van der Waals surface area contributed by atoms with E-state index in [1.165, 1.54) is 6.20 Å². The quantitative estimate of drug-likeness (QED) is 0.469. The molecule has 0 spiro atoms. The highest BCUT2D eigenvalue weighted by molar-refractivity contribution is 5.74. The third-order valence-electron chi connectivity index (χ3n) is 3.04. The summed E-state index contributed by atoms with van der Waals surface area (Å²) < 4.78 is 12.6. The molecule has 108 valence electrons. The normalized spacial score (nSPS) is 16.1. The van der Waals surface area contributed by atoms with E-state index in [9.17, 15) is 14.9 Å². The Morgan fingerprint density at radius 2 is 2.24 bits per heavy atom. The van der Waals surface area contributed by atoms with Gasteiger partial charge in [0.15, 0.2) is 6.10 Å². The molecule has 1 aromatic carbocycles. The minimum atomic E-state index is -0.561. The van der Waals surface area contributed by atoms with Crippen molar-refractivity contribution in [1.82, 2.24) is 9.55 Å². The first kappa shape index (κ1) is 13.1. The second-order valence-corrected chi connectivity index (χ2v) is 4.53. The van der Waals surface area contributed by atoms with Gasteiger partial charge >= 0.3 is 11.8 Å². The molecule has 1 atom stereocenters. The minimum Gasteiger partial charge on any atom is -0.490 e. The molecule has 0 saturated carbocycles. The molecule has 8 heteroatoms. The molecule has 0 saturated heterocycles. The highest BCUT2D eigenvalue weighted by Gasteiger charge is 2.31. The van der Waals surface area contributed by atoms with Crippen molar-refractivity contribution in [2.75, 3.05) is 6.61 Å². The molecule has 3 rings (SSSR count). The summed E-state index contributed by atoms with van der Waals surface area (Å²) in [5.41, 5.74) is 0.576. The Morgan fingerprint density at radius 3 is 2.86 bits per heavy atom. The van der Waals surface area contributed by atoms with Gasteiger partial charge in [-0.05, 0) is 29.2 Å². The third-order valence-corrected chi connectivity index (χ3v) is 3.04. The van der Waals surface area contributed by atoms with E-state index in [-0.39, 0.29) is 24.5 Å². The molecule has 1 aromatic heterocycles. The Kier molecular flexibility index (Phi) is 3.27. The standard InChI is InChI=1S/C13H11N3O5/c17-7-9-1-3-10(4-2-9)20-8-11-5-15-6-12(16(18)19)14-13(15)21-11/h1-4,6-7,11H,5,8H2. The lowest BCUT2D eigenvalue weighted by Crippen LogP contribution is -2.23. The van der Waals surface area contributed by atoms with Gasteiger partial charge in [-0.2, -0.15) is 0 Å². The molecule has 2 heterocycles. The van der Waals surface area contributed by atoms with Gasteiger partial charge in [0, 0.05) is 10.5 Å². The number of imidazole rings is 1. The van der Waals surface area contributed by atoms with Crippen LogP contribution in [0.25, 0.3) is 0 Å². The van der Waals surface area contributed by atoms with E-state index >= 15 is 0 Å². The largest absolute Gasteiger partial charge is 0.490 e. The van der Waals surface area contributed by atoms with Crippen LogP contribution in [0.15, 0.2) is 30.5 Å². The van der Waals surface area contributed by atoms with Gasteiger partial charge in [-0.25, -0.2) is 0 Å². The van der Waals surface area contributed by atoms with Gasteiger partial charge in [-0.1, -0.05) is 0 Å². The van der Waals surface area contributed by atoms with Crippen molar-refractivity contribution in [2.24, 2.45) is 0 Å². The molecule has 0 fully saturated rings. The van der Waals surface area contributed by atoms with E-state index in [0.717, 1.165) is 6.29 Å². The van der Waals surface area contributed by atoms with Gasteiger partial charge in [-0.3, -0.25) is 9.36 Å². The highest BCUT2D eigenvalue weighted by Crippen LogP contribution is 2.25. The maximum Gasteiger partial charge on any atom is 0.414 e. The Hall–Kier alpha value is -2.90. The molecule has 0 amide bonds. The average molecular weight is 289 g/mol. The van der Waals surface area contributed by atoms with E-state index < -0.39 is 4.92 Å². The first-order valence-electron chi connectivity index (χ1n) is 6.22. The van der Waals surface area contributed by atoms with Crippen molar-refractivity contribution < 1.29 is 19.2 Å². The predicted octanol–water partition coefficient (Wildman–Crippen LogP) is 1.44. The van der Waals surface area contributed by atoms with E-state index in [1.54, 1.807) is 28.8 Å². The van der Waals surface area contributed by atoms with E-state index in [0.29, 0.717) is 17.9 Å². The number of nitrogens with zero attached hydrogens (tertiary/aromatic N) is 3. The first-order valence-corrected chi connectivity index (χ1v) is 6.22. The van der Waals surface area contributed by atoms with Crippen molar-refractivity contribution >= 4 is 12.1 Å². The Balaban J connectivity index is 1.56. The van der Waals surface area contributed by atoms with Crippen LogP contribution in [0.4, 0.5) is 5.82 Å². The average Bonchev–Trinajstić information content (AvgIpc) is 3.04. The van der Waals surface area contributed by atoms with Crippen LogP contribution in [-0.2, 0) is 6.54 Å². The topological polar surface area (TPSA) is 96.5 Å². The summed E-state index contributed by atoms with van der Waals surface area (Å²) >= 11 is 0. The summed E-state index contributed by atoms with van der Waals surface area (Å²) in [6.07, 6.45) is 1.85. The van der Waals surface area contributed by atoms with Crippen LogP contribution in [-0.4, -0.2) is 33.5 Å². The van der Waals surface area contributed by atoms with Crippen LogP contribution in [0.2, 0.25) is 0 Å². The third kappa shape index (κ3) is 2.69. The second-order valence-electron chi connectivity index (χ2n) is 4.53. The minimum absolute atomic E-state index is 0.228. The summed E-state index contributed by atoms with van der Waals surface area (Å²) in [6, 6.07) is 6.94. The van der Waals surface area contributed by atoms with Gasteiger partial charge in [0.25, 0.3) is 0 Å². The highest BCUT2D eigenvalue weighted by atomic mass is 16.6. The zero-order chi connectivity index (χ0) is 14.8. The number of aldehydes is 1. The molecule has 1 unspecified atom stereocenters. The predicted molar refractivity (Wildman–Crippen MR) is 70.6 cm³/mol. The molecule has 1 aliphatic heterocycles. The molecule has 0 bridgehead atoms. The lowest BCUT2D eigenvalue weighted by molar-refractivity contribution is -0.389. The van der Waals surface area contributed by atoms with Crippen LogP contribution in [0, 0.1) is 10.1 Å². The molecular weight excluding hydrogens is 278 g/mol. The van der Waals surface area contributed by atoms with Crippen molar-refractivity contribution in [3.8, 4) is 11.8 Å². The summed E-state index contributed by atoms with van der Waals surface area (Å²) in [6.45, 7) is 0.736. The number of aromatic nitrogens is 2. The Morgan fingerprint density at radius 1 is 1.48 bits per heavy atom. The molecule has 21 heavy (non-hydrogen) atoms. The smallest absolute Gasteiger partial charge is 0.414 e. The Bertz CT molecular complexity index is 656. The number of fused-ring (bicyclic) bond motifs is 1. The van der Waals surface area contributed by atoms with Crippen LogP contribution < -0.4 is 9.47 Å². The van der Waals surface area contributed by atoms with Gasteiger partial charge in [0.05, 0.1) is 6.54 Å². The zero-order valence-electron chi connectivity index (χ0n) is 10.8. The van der Waals surface area contributed by atoms with Crippen LogP contribution in [0.5, 0.6) is 11.8 Å². The lowest BCUT2D eigenvalue weighted by Gasteiger charge is -2.10. The SMILES string of the molecule is O=Cc1ccc(OCC2Cn3cc([N+](=O)[O-])nc3O2)cc1. The van der Waals surface area contributed by atoms with E-state index in [1.807, 2.05) is 0 Å². The summed E-state index contributed by atoms with van der Waals surface area (Å²) in [5.74, 6) is 0.397. The maximum atomic E-state index is 10.6. The number of ether oxygens (including phenoxy) is 2. The van der Waals surface area contributed by atoms with E-state index in [4.69, 9.17) is 9.47 Å². The van der Waals surface area contributed by atoms with Crippen LogP contribution in [0.1, 0.15) is 10.4 Å². The monoisotopic (exact) mass is 289 g/mol. The molecule has 8 nitrogen and oxygen atoms in total. The first-order chi connectivity index (χ1) is 10.2. The molecule has 1 aliphatic rings. The van der Waals surface area contributed by atoms with Gasteiger partial charge in [-0.15, -0.1) is 0 Å². The summed E-state index contributed by atoms with van der Waals surface area (Å²) in [5, 5.41) is 10.6. The number of rotatable bonds is 5. The molecular formula is C13H11N3O5. The van der Waals surface area contributed by atoms with Crippen molar-refractivity contribution in [3.05, 3.63) is 46.1 Å². The number of nitro groups is 1. The zero-order valence-corrected chi connectivity index (χ0v) is 10.8. The van der Waals surface area contributed by atoms with Crippen molar-refractivity contribution in [2.45, 2.75) is 12.6 Å². The Labute approximate surface area is 119 Å². The number of carbonyl (C=O) groups is 1. The summed E-state index contributed by atoms with van der Waals surface area (Å²) in [7, 11) is 0. The van der Waals surface area contributed by atoms with Crippen LogP contribution in [0.3, 0.4) is 0 Å². The summed E-state index contributed by atoms with van der Waals surface area (Å²) in [4.78, 5) is 24.3. The molecule has 0 N–H and O–H groups in total. The molecule has 0 aliphatic carbocycles. The molecule has 0 radical (unpaired) electrons. The fourth-order valence-corrected chi connectivity index (χ4v) is 2.02. The van der Waals surface area contributed by atoms with E-state index in [2.05, 4.69) is 4.98 Å². The fraction of sp³-hybridized carbons (Fsp3) is 0.231. The lowest BCUT2D eigenvalue weighted by atomic mass is 10.2.